The van der Waals surface area contributed by atoms with Gasteiger partial charge in [0.15, 0.2) is 0 Å². The highest BCUT2D eigenvalue weighted by Gasteiger charge is 2.25. The molecule has 1 aliphatic rings. The van der Waals surface area contributed by atoms with Gasteiger partial charge in [-0.05, 0) is 23.1 Å². The Labute approximate surface area is 147 Å². The summed E-state index contributed by atoms with van der Waals surface area (Å²) >= 11 is 8.22. The molecule has 116 valence electrons. The van der Waals surface area contributed by atoms with Crippen LogP contribution in [0.1, 0.15) is 16.5 Å². The van der Waals surface area contributed by atoms with Crippen LogP contribution in [-0.2, 0) is 0 Å². The lowest BCUT2D eigenvalue weighted by molar-refractivity contribution is 0.201. The van der Waals surface area contributed by atoms with E-state index in [0.717, 1.165) is 31.2 Å². The van der Waals surface area contributed by atoms with E-state index in [0.29, 0.717) is 0 Å². The molecule has 2 nitrogen and oxygen atoms in total. The van der Waals surface area contributed by atoms with Gasteiger partial charge >= 0.3 is 0 Å². The van der Waals surface area contributed by atoms with E-state index in [1.165, 1.54) is 10.4 Å². The number of halogens is 3. The van der Waals surface area contributed by atoms with Gasteiger partial charge in [0, 0.05) is 36.1 Å². The SMILES string of the molecule is Cl.Cl.Clc1ccccc1[C@@H](c1cccs1)N1CCNCC1. The molecule has 1 fully saturated rings. The third-order valence-corrected chi connectivity index (χ3v) is 4.80. The van der Waals surface area contributed by atoms with Gasteiger partial charge in [-0.2, -0.15) is 0 Å². The fraction of sp³-hybridized carbons (Fsp3) is 0.333. The molecule has 1 N–H and O–H groups in total. The summed E-state index contributed by atoms with van der Waals surface area (Å²) in [5, 5.41) is 6.41. The first-order valence-electron chi connectivity index (χ1n) is 6.59. The second-order valence-corrected chi connectivity index (χ2v) is 6.11. The van der Waals surface area contributed by atoms with Crippen LogP contribution in [0.2, 0.25) is 5.02 Å². The fourth-order valence-corrected chi connectivity index (χ4v) is 3.73. The van der Waals surface area contributed by atoms with Gasteiger partial charge in [0.2, 0.25) is 0 Å². The molecular weight excluding hydrogens is 347 g/mol. The summed E-state index contributed by atoms with van der Waals surface area (Å²) in [6.07, 6.45) is 0. The Balaban J connectivity index is 0.00000110. The Hall–Kier alpha value is -0.290. The van der Waals surface area contributed by atoms with Gasteiger partial charge in [0.25, 0.3) is 0 Å². The van der Waals surface area contributed by atoms with Crippen molar-refractivity contribution in [2.45, 2.75) is 6.04 Å². The number of nitrogens with one attached hydrogen (secondary N) is 1. The highest BCUT2D eigenvalue weighted by Crippen LogP contribution is 2.35. The molecule has 1 aliphatic heterocycles. The summed E-state index contributed by atoms with van der Waals surface area (Å²) in [4.78, 5) is 3.89. The van der Waals surface area contributed by atoms with Crippen molar-refractivity contribution in [3.8, 4) is 0 Å². The number of benzene rings is 1. The monoisotopic (exact) mass is 364 g/mol. The molecule has 0 unspecified atom stereocenters. The van der Waals surface area contributed by atoms with Crippen molar-refractivity contribution in [3.63, 3.8) is 0 Å². The van der Waals surface area contributed by atoms with Crippen molar-refractivity contribution in [2.24, 2.45) is 0 Å². The normalized spacial score (nSPS) is 16.6. The maximum Gasteiger partial charge on any atom is 0.0711 e. The first kappa shape index (κ1) is 18.8. The van der Waals surface area contributed by atoms with Crippen LogP contribution in [0.5, 0.6) is 0 Å². The molecule has 6 heteroatoms. The number of rotatable bonds is 3. The van der Waals surface area contributed by atoms with E-state index in [9.17, 15) is 0 Å². The Morgan fingerprint density at radius 3 is 2.38 bits per heavy atom. The molecule has 0 saturated carbocycles. The van der Waals surface area contributed by atoms with E-state index in [-0.39, 0.29) is 30.9 Å². The lowest BCUT2D eigenvalue weighted by atomic mass is 10.0. The molecule has 21 heavy (non-hydrogen) atoms. The van der Waals surface area contributed by atoms with E-state index in [1.807, 2.05) is 23.5 Å². The number of nitrogens with zero attached hydrogens (tertiary/aromatic N) is 1. The van der Waals surface area contributed by atoms with Crippen molar-refractivity contribution in [2.75, 3.05) is 26.2 Å². The Bertz CT molecular complexity index is 527. The summed E-state index contributed by atoms with van der Waals surface area (Å²) in [6.45, 7) is 4.22. The fourth-order valence-electron chi connectivity index (χ4n) is 2.61. The van der Waals surface area contributed by atoms with E-state index in [1.54, 1.807) is 0 Å². The molecule has 2 aromatic rings. The van der Waals surface area contributed by atoms with E-state index in [4.69, 9.17) is 11.6 Å². The van der Waals surface area contributed by atoms with Crippen molar-refractivity contribution < 1.29 is 0 Å². The molecule has 1 aromatic heterocycles. The zero-order valence-electron chi connectivity index (χ0n) is 11.5. The predicted molar refractivity (Wildman–Crippen MR) is 96.6 cm³/mol. The van der Waals surface area contributed by atoms with E-state index in [2.05, 4.69) is 39.9 Å². The maximum absolute atomic E-state index is 6.42. The Kier molecular flexibility index (Phi) is 8.03. The minimum atomic E-state index is 0. The van der Waals surface area contributed by atoms with Crippen LogP contribution in [0.4, 0.5) is 0 Å². The summed E-state index contributed by atoms with van der Waals surface area (Å²) < 4.78 is 0. The van der Waals surface area contributed by atoms with Gasteiger partial charge in [-0.25, -0.2) is 0 Å². The molecule has 0 amide bonds. The first-order valence-corrected chi connectivity index (χ1v) is 7.84. The van der Waals surface area contributed by atoms with E-state index < -0.39 is 0 Å². The number of thiophene rings is 1. The second kappa shape index (κ2) is 8.99. The van der Waals surface area contributed by atoms with Crippen LogP contribution < -0.4 is 5.32 Å². The Morgan fingerprint density at radius 1 is 1.05 bits per heavy atom. The third kappa shape index (κ3) is 4.35. The summed E-state index contributed by atoms with van der Waals surface area (Å²) in [6, 6.07) is 12.8. The molecule has 1 atom stereocenters. The zero-order chi connectivity index (χ0) is 13.1. The van der Waals surface area contributed by atoms with Crippen LogP contribution in [0, 0.1) is 0 Å². The molecule has 2 heterocycles. The zero-order valence-corrected chi connectivity index (χ0v) is 14.7. The largest absolute Gasteiger partial charge is 0.314 e. The maximum atomic E-state index is 6.42. The molecule has 0 radical (unpaired) electrons. The third-order valence-electron chi connectivity index (χ3n) is 3.53. The average molecular weight is 366 g/mol. The van der Waals surface area contributed by atoms with Crippen LogP contribution in [0.15, 0.2) is 41.8 Å². The lowest BCUT2D eigenvalue weighted by Crippen LogP contribution is -2.45. The Morgan fingerprint density at radius 2 is 1.76 bits per heavy atom. The van der Waals surface area contributed by atoms with Crippen LogP contribution in [0.25, 0.3) is 0 Å². The van der Waals surface area contributed by atoms with Gasteiger partial charge in [0.05, 0.1) is 6.04 Å². The van der Waals surface area contributed by atoms with Crippen LogP contribution >= 0.6 is 47.8 Å². The quantitative estimate of drug-likeness (QED) is 0.875. The second-order valence-electron chi connectivity index (χ2n) is 4.73. The predicted octanol–water partition coefficient (Wildman–Crippen LogP) is 4.24. The molecule has 0 spiro atoms. The standard InChI is InChI=1S/C15H17ClN2S.2ClH/c16-13-5-2-1-4-12(13)15(14-6-3-11-19-14)18-9-7-17-8-10-18;;/h1-6,11,15,17H,7-10H2;2*1H/t15-;;/m0../s1. The summed E-state index contributed by atoms with van der Waals surface area (Å²) in [5.41, 5.74) is 1.22. The number of piperazine rings is 1. The molecule has 3 rings (SSSR count). The summed E-state index contributed by atoms with van der Waals surface area (Å²) in [7, 11) is 0. The molecular formula is C15H19Cl3N2S. The van der Waals surface area contributed by atoms with Crippen molar-refractivity contribution in [1.29, 1.82) is 0 Å². The minimum absolute atomic E-state index is 0. The highest BCUT2D eigenvalue weighted by molar-refractivity contribution is 7.10. The van der Waals surface area contributed by atoms with Gasteiger partial charge in [-0.15, -0.1) is 36.2 Å². The lowest BCUT2D eigenvalue weighted by Gasteiger charge is -2.35. The smallest absolute Gasteiger partial charge is 0.0711 e. The minimum Gasteiger partial charge on any atom is -0.314 e. The molecule has 0 bridgehead atoms. The van der Waals surface area contributed by atoms with Gasteiger partial charge in [-0.3, -0.25) is 4.90 Å². The van der Waals surface area contributed by atoms with Gasteiger partial charge in [-0.1, -0.05) is 35.9 Å². The average Bonchev–Trinajstić information content (AvgIpc) is 2.96. The van der Waals surface area contributed by atoms with Crippen molar-refractivity contribution in [3.05, 3.63) is 57.2 Å². The highest BCUT2D eigenvalue weighted by atomic mass is 35.5. The van der Waals surface area contributed by atoms with Crippen LogP contribution in [-0.4, -0.2) is 31.1 Å². The van der Waals surface area contributed by atoms with Crippen molar-refractivity contribution >= 4 is 47.8 Å². The molecule has 1 aromatic carbocycles. The first-order chi connectivity index (χ1) is 9.36. The van der Waals surface area contributed by atoms with Gasteiger partial charge < -0.3 is 5.32 Å². The van der Waals surface area contributed by atoms with E-state index >= 15 is 0 Å². The van der Waals surface area contributed by atoms with Crippen LogP contribution in [0.3, 0.4) is 0 Å². The topological polar surface area (TPSA) is 15.3 Å². The summed E-state index contributed by atoms with van der Waals surface area (Å²) in [5.74, 6) is 0. The number of hydrogen-bond donors (Lipinski definition) is 1. The number of hydrogen-bond acceptors (Lipinski definition) is 3. The van der Waals surface area contributed by atoms with Gasteiger partial charge in [0.1, 0.15) is 0 Å². The molecule has 1 saturated heterocycles. The molecule has 0 aliphatic carbocycles. The van der Waals surface area contributed by atoms with Crippen molar-refractivity contribution in [1.82, 2.24) is 10.2 Å².